The number of benzene rings is 1. The SMILES string of the molecule is CSC1=Nc2c(c(=O)nc3sc(C)nn23)C(c2ccccc2)S1. The largest absolute Gasteiger partial charge is 0.280 e. The molecule has 8 heteroatoms. The van der Waals surface area contributed by atoms with Crippen LogP contribution in [0.25, 0.3) is 4.96 Å². The minimum atomic E-state index is -0.214. The summed E-state index contributed by atoms with van der Waals surface area (Å²) in [5.41, 5.74) is 1.47. The average Bonchev–Trinajstić information content (AvgIpc) is 2.95. The van der Waals surface area contributed by atoms with Crippen molar-refractivity contribution in [3.63, 3.8) is 0 Å². The predicted octanol–water partition coefficient (Wildman–Crippen LogP) is 3.65. The molecule has 0 radical (unpaired) electrons. The van der Waals surface area contributed by atoms with E-state index in [2.05, 4.69) is 15.1 Å². The molecule has 1 unspecified atom stereocenters. The lowest BCUT2D eigenvalue weighted by molar-refractivity contribution is 0.883. The van der Waals surface area contributed by atoms with Gasteiger partial charge in [-0.2, -0.15) is 14.6 Å². The number of thioether (sulfide) groups is 2. The Morgan fingerprint density at radius 1 is 1.26 bits per heavy atom. The molecule has 3 aromatic rings. The van der Waals surface area contributed by atoms with Crippen LogP contribution in [0.1, 0.15) is 21.4 Å². The van der Waals surface area contributed by atoms with Gasteiger partial charge in [-0.1, -0.05) is 53.4 Å². The summed E-state index contributed by atoms with van der Waals surface area (Å²) in [5, 5.41) is 5.23. The summed E-state index contributed by atoms with van der Waals surface area (Å²) in [6.07, 6.45) is 1.99. The molecule has 0 amide bonds. The number of hydrogen-bond donors (Lipinski definition) is 0. The van der Waals surface area contributed by atoms with E-state index in [-0.39, 0.29) is 10.8 Å². The molecule has 4 rings (SSSR count). The molecule has 0 fully saturated rings. The summed E-state index contributed by atoms with van der Waals surface area (Å²) in [6.45, 7) is 1.90. The molecule has 0 aliphatic carbocycles. The molecule has 23 heavy (non-hydrogen) atoms. The third kappa shape index (κ3) is 2.50. The van der Waals surface area contributed by atoms with Gasteiger partial charge in [0.15, 0.2) is 5.82 Å². The maximum Gasteiger partial charge on any atom is 0.280 e. The van der Waals surface area contributed by atoms with Gasteiger partial charge in [0.25, 0.3) is 5.56 Å². The van der Waals surface area contributed by atoms with Crippen LogP contribution in [0.5, 0.6) is 0 Å². The van der Waals surface area contributed by atoms with Crippen molar-refractivity contribution in [2.24, 2.45) is 4.99 Å². The molecule has 0 saturated heterocycles. The minimum absolute atomic E-state index is 0.106. The van der Waals surface area contributed by atoms with Crippen LogP contribution in [0.3, 0.4) is 0 Å². The van der Waals surface area contributed by atoms with Crippen molar-refractivity contribution in [1.82, 2.24) is 14.6 Å². The third-order valence-electron chi connectivity index (χ3n) is 3.49. The molecular formula is C15H12N4OS3. The van der Waals surface area contributed by atoms with Gasteiger partial charge in [-0.05, 0) is 18.7 Å². The second-order valence-electron chi connectivity index (χ2n) is 4.96. The number of aromatic nitrogens is 3. The summed E-state index contributed by atoms with van der Waals surface area (Å²) in [4.78, 5) is 22.1. The van der Waals surface area contributed by atoms with Crippen LogP contribution in [0.4, 0.5) is 5.82 Å². The lowest BCUT2D eigenvalue weighted by atomic mass is 10.1. The average molecular weight is 360 g/mol. The highest BCUT2D eigenvalue weighted by molar-refractivity contribution is 8.38. The van der Waals surface area contributed by atoms with Crippen molar-refractivity contribution in [3.05, 3.63) is 56.8 Å². The molecule has 0 N–H and O–H groups in total. The Labute approximate surface area is 144 Å². The molecule has 0 bridgehead atoms. The zero-order valence-corrected chi connectivity index (χ0v) is 14.8. The maximum atomic E-state index is 12.6. The van der Waals surface area contributed by atoms with E-state index in [0.717, 1.165) is 14.9 Å². The van der Waals surface area contributed by atoms with Crippen LogP contribution in [-0.4, -0.2) is 25.2 Å². The Hall–Kier alpha value is -1.64. The van der Waals surface area contributed by atoms with Crippen LogP contribution in [0.15, 0.2) is 40.1 Å². The van der Waals surface area contributed by atoms with Gasteiger partial charge in [-0.3, -0.25) is 4.79 Å². The van der Waals surface area contributed by atoms with Gasteiger partial charge in [0.2, 0.25) is 4.96 Å². The summed E-state index contributed by atoms with van der Waals surface area (Å²) in [7, 11) is 0. The number of fused-ring (bicyclic) bond motifs is 3. The fraction of sp³-hybridized carbons (Fsp3) is 0.200. The van der Waals surface area contributed by atoms with Crippen molar-refractivity contribution >= 4 is 50.0 Å². The van der Waals surface area contributed by atoms with Crippen LogP contribution in [0.2, 0.25) is 0 Å². The molecule has 116 valence electrons. The predicted molar refractivity (Wildman–Crippen MR) is 98.4 cm³/mol. The normalized spacial score (nSPS) is 17.1. The molecule has 1 aliphatic heterocycles. The molecule has 1 aromatic carbocycles. The van der Waals surface area contributed by atoms with E-state index in [9.17, 15) is 4.79 Å². The van der Waals surface area contributed by atoms with Crippen molar-refractivity contribution in [3.8, 4) is 0 Å². The fourth-order valence-electron chi connectivity index (χ4n) is 2.51. The van der Waals surface area contributed by atoms with Gasteiger partial charge >= 0.3 is 0 Å². The van der Waals surface area contributed by atoms with Gasteiger partial charge in [-0.15, -0.1) is 11.8 Å². The molecule has 5 nitrogen and oxygen atoms in total. The number of hydrogen-bond acceptors (Lipinski definition) is 7. The van der Waals surface area contributed by atoms with E-state index in [0.29, 0.717) is 16.3 Å². The van der Waals surface area contributed by atoms with Crippen LogP contribution < -0.4 is 5.56 Å². The fourth-order valence-corrected chi connectivity index (χ4v) is 5.05. The molecule has 2 aromatic heterocycles. The monoisotopic (exact) mass is 360 g/mol. The summed E-state index contributed by atoms with van der Waals surface area (Å²) >= 11 is 4.58. The Balaban J connectivity index is 2.04. The van der Waals surface area contributed by atoms with Crippen LogP contribution >= 0.6 is 34.9 Å². The molecule has 0 spiro atoms. The van der Waals surface area contributed by atoms with Crippen molar-refractivity contribution in [2.75, 3.05) is 6.26 Å². The Morgan fingerprint density at radius 2 is 2.04 bits per heavy atom. The van der Waals surface area contributed by atoms with Gasteiger partial charge in [0.1, 0.15) is 9.38 Å². The Bertz CT molecular complexity index is 978. The number of aliphatic imine (C=N–C) groups is 1. The van der Waals surface area contributed by atoms with E-state index in [4.69, 9.17) is 0 Å². The Kier molecular flexibility index (Phi) is 3.74. The minimum Gasteiger partial charge on any atom is -0.267 e. The zero-order valence-electron chi connectivity index (χ0n) is 12.4. The highest BCUT2D eigenvalue weighted by Gasteiger charge is 2.30. The van der Waals surface area contributed by atoms with E-state index < -0.39 is 0 Å². The van der Waals surface area contributed by atoms with Crippen molar-refractivity contribution < 1.29 is 0 Å². The second-order valence-corrected chi connectivity index (χ2v) is 8.27. The highest BCUT2D eigenvalue weighted by Crippen LogP contribution is 2.45. The van der Waals surface area contributed by atoms with Crippen LogP contribution in [0, 0.1) is 6.92 Å². The van der Waals surface area contributed by atoms with Crippen molar-refractivity contribution in [1.29, 1.82) is 0 Å². The molecule has 1 aliphatic rings. The van der Waals surface area contributed by atoms with E-state index in [1.165, 1.54) is 11.3 Å². The summed E-state index contributed by atoms with van der Waals surface area (Å²) < 4.78 is 2.62. The molecule has 0 saturated carbocycles. The van der Waals surface area contributed by atoms with Gasteiger partial charge < -0.3 is 0 Å². The quantitative estimate of drug-likeness (QED) is 0.663. The number of nitrogens with zero attached hydrogens (tertiary/aromatic N) is 4. The smallest absolute Gasteiger partial charge is 0.267 e. The van der Waals surface area contributed by atoms with Crippen molar-refractivity contribution in [2.45, 2.75) is 12.2 Å². The number of rotatable bonds is 1. The van der Waals surface area contributed by atoms with E-state index >= 15 is 0 Å². The van der Waals surface area contributed by atoms with Gasteiger partial charge in [0, 0.05) is 0 Å². The van der Waals surface area contributed by atoms with Gasteiger partial charge in [0.05, 0.1) is 10.8 Å². The van der Waals surface area contributed by atoms with E-state index in [1.54, 1.807) is 28.0 Å². The topological polar surface area (TPSA) is 59.6 Å². The Morgan fingerprint density at radius 3 is 2.78 bits per heavy atom. The highest BCUT2D eigenvalue weighted by atomic mass is 32.2. The molecular weight excluding hydrogens is 348 g/mol. The molecule has 3 heterocycles. The van der Waals surface area contributed by atoms with Gasteiger partial charge in [-0.25, -0.2) is 4.99 Å². The lowest BCUT2D eigenvalue weighted by Crippen LogP contribution is -2.21. The second kappa shape index (κ2) is 5.77. The first-order valence-corrected chi connectivity index (χ1v) is 9.84. The van der Waals surface area contributed by atoms with Crippen LogP contribution in [-0.2, 0) is 0 Å². The summed E-state index contributed by atoms with van der Waals surface area (Å²) in [5.74, 6) is 0.612. The zero-order chi connectivity index (χ0) is 16.0. The number of aryl methyl sites for hydroxylation is 1. The first-order valence-electron chi connectivity index (χ1n) is 6.92. The summed E-state index contributed by atoms with van der Waals surface area (Å²) in [6, 6.07) is 10.0. The standard InChI is InChI=1S/C15H12N4OS3/c1-8-18-19-12-10(13(20)17-14(19)22-8)11(23-15(16-12)21-2)9-6-4-3-5-7-9/h3-7,11H,1-2H3. The maximum absolute atomic E-state index is 12.6. The van der Waals surface area contributed by atoms with E-state index in [1.807, 2.05) is 43.5 Å². The molecule has 1 atom stereocenters. The first kappa shape index (κ1) is 14.9. The lowest BCUT2D eigenvalue weighted by Gasteiger charge is -2.22. The third-order valence-corrected chi connectivity index (χ3v) is 6.57. The first-order chi connectivity index (χ1) is 11.2.